The second-order valence-electron chi connectivity index (χ2n) is 2.44. The van der Waals surface area contributed by atoms with E-state index in [2.05, 4.69) is 27.1 Å². The van der Waals surface area contributed by atoms with Gasteiger partial charge < -0.3 is 0 Å². The van der Waals surface area contributed by atoms with Crippen LogP contribution in [-0.2, 0) is 0 Å². The first kappa shape index (κ1) is 8.78. The third kappa shape index (κ3) is 1.62. The molecule has 0 aliphatic rings. The largest absolute Gasteiger partial charge is 0.298 e. The fourth-order valence-electron chi connectivity index (χ4n) is 1.01. The minimum atomic E-state index is 0.593. The molecule has 2 aromatic heterocycles. The molecule has 0 unspecified atom stereocenters. The van der Waals surface area contributed by atoms with Crippen molar-refractivity contribution >= 4 is 27.5 Å². The van der Waals surface area contributed by atoms with Gasteiger partial charge in [-0.25, -0.2) is 4.98 Å². The Morgan fingerprint density at radius 2 is 2.38 bits per heavy atom. The van der Waals surface area contributed by atoms with Crippen molar-refractivity contribution in [2.45, 2.75) is 0 Å². The smallest absolute Gasteiger partial charge is 0.157 e. The maximum atomic E-state index is 6.03. The predicted octanol–water partition coefficient (Wildman–Crippen LogP) is 3.09. The monoisotopic (exact) mass is 255 g/mol. The molecule has 13 heavy (non-hydrogen) atoms. The first-order valence-electron chi connectivity index (χ1n) is 3.64. The zero-order valence-corrected chi connectivity index (χ0v) is 8.88. The zero-order chi connectivity index (χ0) is 9.26. The lowest BCUT2D eigenvalue weighted by molar-refractivity contribution is 0.998. The van der Waals surface area contributed by atoms with Gasteiger partial charge >= 0.3 is 0 Å². The Kier molecular flexibility index (Phi) is 2.38. The lowest BCUT2D eigenvalue weighted by atomic mass is 10.4. The number of hydrogen-bond donors (Lipinski definition) is 0. The molecule has 0 amide bonds. The predicted molar refractivity (Wildman–Crippen MR) is 55.1 cm³/mol. The summed E-state index contributed by atoms with van der Waals surface area (Å²) in [6.07, 6.45) is 6.51. The summed E-state index contributed by atoms with van der Waals surface area (Å²) in [6, 6.07) is 5.48. The van der Waals surface area contributed by atoms with Gasteiger partial charge in [0.25, 0.3) is 0 Å². The topological polar surface area (TPSA) is 17.8 Å². The molecule has 0 saturated heterocycles. The average Bonchev–Trinajstić information content (AvgIpc) is 2.62. The van der Waals surface area contributed by atoms with Crippen LogP contribution in [-0.4, -0.2) is 9.55 Å². The third-order valence-electron chi connectivity index (χ3n) is 1.60. The minimum Gasteiger partial charge on any atom is -0.298 e. The number of aromatic nitrogens is 2. The number of rotatable bonds is 1. The SMILES string of the molecule is Clc1c(Br)ccnc1-n1[c]ccc1. The van der Waals surface area contributed by atoms with E-state index in [-0.39, 0.29) is 0 Å². The third-order valence-corrected chi connectivity index (χ3v) is 2.86. The first-order chi connectivity index (χ1) is 6.29. The zero-order valence-electron chi connectivity index (χ0n) is 6.54. The fourth-order valence-corrected chi connectivity index (χ4v) is 1.50. The van der Waals surface area contributed by atoms with Gasteiger partial charge in [0.05, 0.1) is 11.2 Å². The normalized spacial score (nSPS) is 10.3. The molecule has 2 nitrogen and oxygen atoms in total. The molecule has 2 aromatic rings. The van der Waals surface area contributed by atoms with Crippen LogP contribution in [0.4, 0.5) is 0 Å². The van der Waals surface area contributed by atoms with Gasteiger partial charge in [-0.1, -0.05) is 11.6 Å². The number of nitrogens with zero attached hydrogens (tertiary/aromatic N) is 2. The summed E-state index contributed by atoms with van der Waals surface area (Å²) in [5.74, 6) is 0.682. The molecule has 0 spiro atoms. The summed E-state index contributed by atoms with van der Waals surface area (Å²) in [5, 5.41) is 0.593. The van der Waals surface area contributed by atoms with Gasteiger partial charge in [0.15, 0.2) is 5.82 Å². The molecule has 65 valence electrons. The van der Waals surface area contributed by atoms with Crippen molar-refractivity contribution in [1.29, 1.82) is 0 Å². The van der Waals surface area contributed by atoms with E-state index in [4.69, 9.17) is 11.6 Å². The van der Waals surface area contributed by atoms with Crippen molar-refractivity contribution in [1.82, 2.24) is 9.55 Å². The second kappa shape index (κ2) is 3.52. The van der Waals surface area contributed by atoms with Gasteiger partial charge in [-0.15, -0.1) is 0 Å². The molecule has 0 aliphatic heterocycles. The maximum Gasteiger partial charge on any atom is 0.157 e. The Morgan fingerprint density at radius 3 is 3.08 bits per heavy atom. The molecule has 0 aliphatic carbocycles. The van der Waals surface area contributed by atoms with E-state index in [1.54, 1.807) is 22.9 Å². The highest BCUT2D eigenvalue weighted by Gasteiger charge is 2.05. The maximum absolute atomic E-state index is 6.03. The lowest BCUT2D eigenvalue weighted by Crippen LogP contribution is -1.95. The molecule has 0 aromatic carbocycles. The molecule has 0 N–H and O–H groups in total. The fraction of sp³-hybridized carbons (Fsp3) is 0. The van der Waals surface area contributed by atoms with Gasteiger partial charge in [-0.3, -0.25) is 4.57 Å². The second-order valence-corrected chi connectivity index (χ2v) is 3.67. The van der Waals surface area contributed by atoms with Gasteiger partial charge in [0, 0.05) is 16.9 Å². The van der Waals surface area contributed by atoms with Crippen molar-refractivity contribution in [3.63, 3.8) is 0 Å². The Hall–Kier alpha value is -0.800. The summed E-state index contributed by atoms with van der Waals surface area (Å²) in [5.41, 5.74) is 0. The van der Waals surface area contributed by atoms with Crippen LogP contribution >= 0.6 is 27.5 Å². The highest BCUT2D eigenvalue weighted by molar-refractivity contribution is 9.10. The van der Waals surface area contributed by atoms with Crippen molar-refractivity contribution in [2.24, 2.45) is 0 Å². The molecule has 1 radical (unpaired) electrons. The molecule has 0 atom stereocenters. The van der Waals surface area contributed by atoms with Crippen LogP contribution in [0.25, 0.3) is 5.82 Å². The Balaban J connectivity index is 2.59. The van der Waals surface area contributed by atoms with Crippen molar-refractivity contribution in [2.75, 3.05) is 0 Å². The summed E-state index contributed by atoms with van der Waals surface area (Å²) in [7, 11) is 0. The number of halogens is 2. The van der Waals surface area contributed by atoms with E-state index in [9.17, 15) is 0 Å². The van der Waals surface area contributed by atoms with Crippen molar-refractivity contribution in [3.05, 3.63) is 46.3 Å². The Morgan fingerprint density at radius 1 is 1.54 bits per heavy atom. The highest BCUT2D eigenvalue weighted by Crippen LogP contribution is 2.26. The van der Waals surface area contributed by atoms with E-state index >= 15 is 0 Å². The quantitative estimate of drug-likeness (QED) is 0.767. The molecule has 0 saturated carbocycles. The number of pyridine rings is 1. The van der Waals surface area contributed by atoms with Crippen LogP contribution in [0.1, 0.15) is 0 Å². The van der Waals surface area contributed by atoms with Crippen LogP contribution in [0.3, 0.4) is 0 Å². The molecular weight excluding hydrogens is 251 g/mol. The minimum absolute atomic E-state index is 0.593. The molecule has 2 rings (SSSR count). The van der Waals surface area contributed by atoms with E-state index in [0.717, 1.165) is 4.47 Å². The van der Waals surface area contributed by atoms with Gasteiger partial charge in [-0.05, 0) is 34.1 Å². The standard InChI is InChI=1S/C9H5BrClN2/c10-7-3-4-12-9(8(7)11)13-5-1-2-6-13/h1-5H. The number of hydrogen-bond acceptors (Lipinski definition) is 1. The molecule has 0 fully saturated rings. The van der Waals surface area contributed by atoms with Crippen molar-refractivity contribution in [3.8, 4) is 5.82 Å². The van der Waals surface area contributed by atoms with E-state index in [1.165, 1.54) is 0 Å². The molecule has 0 bridgehead atoms. The van der Waals surface area contributed by atoms with Gasteiger partial charge in [-0.2, -0.15) is 0 Å². The summed E-state index contributed by atoms with van der Waals surface area (Å²) in [6.45, 7) is 0. The van der Waals surface area contributed by atoms with Gasteiger partial charge in [0.1, 0.15) is 0 Å². The average molecular weight is 257 g/mol. The molecular formula is C9H5BrClN2. The summed E-state index contributed by atoms with van der Waals surface area (Å²) >= 11 is 9.37. The van der Waals surface area contributed by atoms with E-state index in [1.807, 2.05) is 12.3 Å². The summed E-state index contributed by atoms with van der Waals surface area (Å²) in [4.78, 5) is 4.15. The Labute approximate surface area is 89.3 Å². The van der Waals surface area contributed by atoms with Crippen LogP contribution in [0, 0.1) is 6.20 Å². The van der Waals surface area contributed by atoms with Crippen LogP contribution < -0.4 is 0 Å². The molecule has 2 heterocycles. The van der Waals surface area contributed by atoms with Gasteiger partial charge in [0.2, 0.25) is 0 Å². The van der Waals surface area contributed by atoms with E-state index < -0.39 is 0 Å². The van der Waals surface area contributed by atoms with Crippen LogP contribution in [0.5, 0.6) is 0 Å². The summed E-state index contributed by atoms with van der Waals surface area (Å²) < 4.78 is 2.58. The van der Waals surface area contributed by atoms with Crippen LogP contribution in [0.15, 0.2) is 35.1 Å². The highest BCUT2D eigenvalue weighted by atomic mass is 79.9. The van der Waals surface area contributed by atoms with Crippen LogP contribution in [0.2, 0.25) is 5.02 Å². The lowest BCUT2D eigenvalue weighted by Gasteiger charge is -2.04. The first-order valence-corrected chi connectivity index (χ1v) is 4.81. The Bertz CT molecular complexity index is 412. The van der Waals surface area contributed by atoms with E-state index in [0.29, 0.717) is 10.8 Å². The van der Waals surface area contributed by atoms with Crippen molar-refractivity contribution < 1.29 is 0 Å². The molecule has 4 heteroatoms.